The maximum absolute atomic E-state index is 12.7. The fourth-order valence-corrected chi connectivity index (χ4v) is 3.57. The van der Waals surface area contributed by atoms with E-state index in [9.17, 15) is 4.79 Å². The molecule has 24 heavy (non-hydrogen) atoms. The zero-order chi connectivity index (χ0) is 16.5. The summed E-state index contributed by atoms with van der Waals surface area (Å²) in [5.74, 6) is 0.660. The second-order valence-electron chi connectivity index (χ2n) is 5.36. The number of halogens is 1. The van der Waals surface area contributed by atoms with Gasteiger partial charge in [-0.1, -0.05) is 65.4 Å². The van der Waals surface area contributed by atoms with Crippen LogP contribution in [0.5, 0.6) is 0 Å². The van der Waals surface area contributed by atoms with Gasteiger partial charge in [0.1, 0.15) is 5.82 Å². The maximum atomic E-state index is 12.7. The van der Waals surface area contributed by atoms with Crippen molar-refractivity contribution in [3.8, 4) is 0 Å². The van der Waals surface area contributed by atoms with Gasteiger partial charge in [0.25, 0.3) is 5.56 Å². The molecule has 0 bridgehead atoms. The molecule has 0 fully saturated rings. The van der Waals surface area contributed by atoms with Gasteiger partial charge in [-0.3, -0.25) is 4.79 Å². The lowest BCUT2D eigenvalue weighted by Gasteiger charge is -1.97. The van der Waals surface area contributed by atoms with E-state index in [1.54, 1.807) is 16.5 Å². The van der Waals surface area contributed by atoms with Gasteiger partial charge in [0, 0.05) is 11.4 Å². The molecule has 0 saturated heterocycles. The van der Waals surface area contributed by atoms with Crippen molar-refractivity contribution in [2.75, 3.05) is 0 Å². The third kappa shape index (κ3) is 2.84. The summed E-state index contributed by atoms with van der Waals surface area (Å²) in [6.45, 7) is 0. The Bertz CT molecular complexity index is 1100. The van der Waals surface area contributed by atoms with Gasteiger partial charge in [-0.05, 0) is 29.3 Å². The topological polar surface area (TPSA) is 47.3 Å². The van der Waals surface area contributed by atoms with Crippen molar-refractivity contribution in [3.05, 3.63) is 91.5 Å². The number of hydrogen-bond donors (Lipinski definition) is 0. The monoisotopic (exact) mass is 353 g/mol. The molecule has 0 aliphatic heterocycles. The standard InChI is InChI=1S/C18H12ClN3OS/c19-14-8-6-13(7-9-14)10-15-17(23)22-16(20-21-18(22)24-15)11-12-4-2-1-3-5-12/h1-10H,11H2. The molecule has 0 unspecified atom stereocenters. The van der Waals surface area contributed by atoms with E-state index < -0.39 is 0 Å². The average Bonchev–Trinajstić information content (AvgIpc) is 3.12. The van der Waals surface area contributed by atoms with Crippen LogP contribution in [-0.4, -0.2) is 14.6 Å². The van der Waals surface area contributed by atoms with Crippen LogP contribution >= 0.6 is 22.9 Å². The van der Waals surface area contributed by atoms with Crippen LogP contribution in [0, 0.1) is 0 Å². The molecule has 118 valence electrons. The molecule has 0 atom stereocenters. The van der Waals surface area contributed by atoms with E-state index in [0.717, 1.165) is 11.1 Å². The third-order valence-corrected chi connectivity index (χ3v) is 4.90. The second-order valence-corrected chi connectivity index (χ2v) is 6.81. The molecule has 0 spiro atoms. The van der Waals surface area contributed by atoms with Gasteiger partial charge in [0.05, 0.1) is 4.53 Å². The van der Waals surface area contributed by atoms with E-state index in [2.05, 4.69) is 10.2 Å². The summed E-state index contributed by atoms with van der Waals surface area (Å²) in [5, 5.41) is 8.98. The van der Waals surface area contributed by atoms with Crippen molar-refractivity contribution < 1.29 is 0 Å². The van der Waals surface area contributed by atoms with Gasteiger partial charge >= 0.3 is 0 Å². The number of thiazole rings is 1. The van der Waals surface area contributed by atoms with Crippen LogP contribution in [-0.2, 0) is 6.42 Å². The quantitative estimate of drug-likeness (QED) is 0.569. The Morgan fingerprint density at radius 1 is 1.04 bits per heavy atom. The van der Waals surface area contributed by atoms with Crippen LogP contribution in [0.1, 0.15) is 17.0 Å². The molecule has 2 heterocycles. The van der Waals surface area contributed by atoms with Crippen LogP contribution in [0.4, 0.5) is 0 Å². The first-order valence-electron chi connectivity index (χ1n) is 7.39. The minimum Gasteiger partial charge on any atom is -0.267 e. The molecule has 4 rings (SSSR count). The number of fused-ring (bicyclic) bond motifs is 1. The lowest BCUT2D eigenvalue weighted by atomic mass is 10.1. The second kappa shape index (κ2) is 6.19. The molecular weight excluding hydrogens is 342 g/mol. The molecule has 6 heteroatoms. The SMILES string of the molecule is O=c1c(=Cc2ccc(Cl)cc2)sc2nnc(Cc3ccccc3)n12. The number of benzene rings is 2. The molecule has 4 nitrogen and oxygen atoms in total. The van der Waals surface area contributed by atoms with Gasteiger partial charge in [-0.2, -0.15) is 0 Å². The summed E-state index contributed by atoms with van der Waals surface area (Å²) >= 11 is 7.24. The first-order chi connectivity index (χ1) is 11.7. The van der Waals surface area contributed by atoms with Gasteiger partial charge in [0.2, 0.25) is 4.96 Å². The first-order valence-corrected chi connectivity index (χ1v) is 8.58. The summed E-state index contributed by atoms with van der Waals surface area (Å²) in [7, 11) is 0. The largest absolute Gasteiger partial charge is 0.275 e. The highest BCUT2D eigenvalue weighted by atomic mass is 35.5. The van der Waals surface area contributed by atoms with Crippen LogP contribution in [0.3, 0.4) is 0 Å². The molecule has 2 aromatic heterocycles. The number of aromatic nitrogens is 3. The summed E-state index contributed by atoms with van der Waals surface area (Å²) < 4.78 is 2.23. The summed E-state index contributed by atoms with van der Waals surface area (Å²) in [6, 6.07) is 17.3. The van der Waals surface area contributed by atoms with E-state index in [1.807, 2.05) is 48.5 Å². The Labute approximate surface area is 146 Å². The van der Waals surface area contributed by atoms with Crippen LogP contribution in [0.25, 0.3) is 11.0 Å². The Hall–Kier alpha value is -2.50. The maximum Gasteiger partial charge on any atom is 0.275 e. The number of rotatable bonds is 3. The average molecular weight is 354 g/mol. The first kappa shape index (κ1) is 15.1. The highest BCUT2D eigenvalue weighted by molar-refractivity contribution is 7.15. The van der Waals surface area contributed by atoms with Gasteiger partial charge < -0.3 is 0 Å². The fourth-order valence-electron chi connectivity index (χ4n) is 2.52. The van der Waals surface area contributed by atoms with Crippen molar-refractivity contribution in [2.45, 2.75) is 6.42 Å². The predicted molar refractivity (Wildman–Crippen MR) is 96.6 cm³/mol. The molecular formula is C18H12ClN3OS. The summed E-state index contributed by atoms with van der Waals surface area (Å²) in [5.41, 5.74) is 1.94. The van der Waals surface area contributed by atoms with Gasteiger partial charge in [0.15, 0.2) is 0 Å². The molecule has 0 amide bonds. The Morgan fingerprint density at radius 3 is 2.54 bits per heavy atom. The Morgan fingerprint density at radius 2 is 1.79 bits per heavy atom. The lowest BCUT2D eigenvalue weighted by Crippen LogP contribution is -2.24. The lowest BCUT2D eigenvalue weighted by molar-refractivity contribution is 0.918. The molecule has 0 saturated carbocycles. The summed E-state index contributed by atoms with van der Waals surface area (Å²) in [4.78, 5) is 13.3. The third-order valence-electron chi connectivity index (χ3n) is 3.69. The highest BCUT2D eigenvalue weighted by Crippen LogP contribution is 2.11. The Kier molecular flexibility index (Phi) is 3.88. The van der Waals surface area contributed by atoms with E-state index >= 15 is 0 Å². The van der Waals surface area contributed by atoms with Crippen molar-refractivity contribution >= 4 is 34.0 Å². The van der Waals surface area contributed by atoms with Crippen molar-refractivity contribution in [1.82, 2.24) is 14.6 Å². The van der Waals surface area contributed by atoms with Crippen molar-refractivity contribution in [2.24, 2.45) is 0 Å². The van der Waals surface area contributed by atoms with E-state index in [0.29, 0.717) is 26.8 Å². The minimum absolute atomic E-state index is 0.0825. The Balaban J connectivity index is 1.79. The molecule has 0 radical (unpaired) electrons. The smallest absolute Gasteiger partial charge is 0.267 e. The minimum atomic E-state index is -0.0825. The van der Waals surface area contributed by atoms with Crippen LogP contribution < -0.4 is 10.1 Å². The number of hydrogen-bond acceptors (Lipinski definition) is 4. The molecule has 0 aliphatic rings. The van der Waals surface area contributed by atoms with E-state index in [1.165, 1.54) is 11.3 Å². The van der Waals surface area contributed by atoms with E-state index in [-0.39, 0.29) is 5.56 Å². The molecule has 0 N–H and O–H groups in total. The van der Waals surface area contributed by atoms with Gasteiger partial charge in [-0.25, -0.2) is 4.40 Å². The zero-order valence-corrected chi connectivity index (χ0v) is 14.1. The highest BCUT2D eigenvalue weighted by Gasteiger charge is 2.12. The van der Waals surface area contributed by atoms with Crippen molar-refractivity contribution in [1.29, 1.82) is 0 Å². The van der Waals surface area contributed by atoms with E-state index in [4.69, 9.17) is 11.6 Å². The van der Waals surface area contributed by atoms with Crippen LogP contribution in [0.2, 0.25) is 5.02 Å². The zero-order valence-electron chi connectivity index (χ0n) is 12.5. The normalized spacial score (nSPS) is 12.1. The molecule has 2 aromatic carbocycles. The predicted octanol–water partition coefficient (Wildman–Crippen LogP) is 2.94. The summed E-state index contributed by atoms with van der Waals surface area (Å²) in [6.07, 6.45) is 2.43. The molecule has 0 aliphatic carbocycles. The fraction of sp³-hybridized carbons (Fsp3) is 0.0556. The van der Waals surface area contributed by atoms with Crippen LogP contribution in [0.15, 0.2) is 59.4 Å². The molecule has 4 aromatic rings. The van der Waals surface area contributed by atoms with Gasteiger partial charge in [-0.15, -0.1) is 10.2 Å². The van der Waals surface area contributed by atoms with Crippen molar-refractivity contribution in [3.63, 3.8) is 0 Å². The number of nitrogens with zero attached hydrogens (tertiary/aromatic N) is 3.